The number of hydrogen-bond donors (Lipinski definition) is 1. The molecular weight excluding hydrogens is 601 g/mol. The number of hydrogen-bond acceptors (Lipinski definition) is 4. The molecule has 0 aliphatic rings. The lowest BCUT2D eigenvalue weighted by molar-refractivity contribution is -0.140. The van der Waals surface area contributed by atoms with Crippen LogP contribution in [0.3, 0.4) is 0 Å². The second kappa shape index (κ2) is 15.7. The molecule has 0 aliphatic heterocycles. The van der Waals surface area contributed by atoms with Gasteiger partial charge in [0.15, 0.2) is 0 Å². The molecule has 0 saturated heterocycles. The maximum Gasteiger partial charge on any atom is 0.264 e. The van der Waals surface area contributed by atoms with Gasteiger partial charge < -0.3 is 10.2 Å². The number of halogens is 1. The van der Waals surface area contributed by atoms with Crippen molar-refractivity contribution >= 4 is 27.5 Å². The quantitative estimate of drug-likeness (QED) is 0.166. The van der Waals surface area contributed by atoms with Crippen LogP contribution in [-0.4, -0.2) is 43.8 Å². The second-order valence-corrected chi connectivity index (χ2v) is 13.6. The molecule has 1 N–H and O–H groups in total. The first-order valence-electron chi connectivity index (χ1n) is 15.6. The van der Waals surface area contributed by atoms with Crippen LogP contribution in [0.1, 0.15) is 56.7 Å². The molecule has 46 heavy (non-hydrogen) atoms. The molecule has 4 rings (SSSR count). The van der Waals surface area contributed by atoms with Crippen molar-refractivity contribution in [2.75, 3.05) is 10.8 Å². The van der Waals surface area contributed by atoms with Crippen LogP contribution < -0.4 is 9.62 Å². The Morgan fingerprint density at radius 3 is 1.98 bits per heavy atom. The lowest BCUT2D eigenvalue weighted by Gasteiger charge is -2.34. The highest BCUT2D eigenvalue weighted by Crippen LogP contribution is 2.27. The van der Waals surface area contributed by atoms with Gasteiger partial charge in [-0.05, 0) is 60.7 Å². The molecule has 9 heteroatoms. The molecule has 0 heterocycles. The Kier molecular flexibility index (Phi) is 11.7. The van der Waals surface area contributed by atoms with Gasteiger partial charge in [-0.25, -0.2) is 12.8 Å². The molecule has 0 aromatic heterocycles. The van der Waals surface area contributed by atoms with Crippen molar-refractivity contribution in [3.8, 4) is 0 Å². The Morgan fingerprint density at radius 2 is 1.39 bits per heavy atom. The predicted molar refractivity (Wildman–Crippen MR) is 180 cm³/mol. The molecule has 0 aliphatic carbocycles. The van der Waals surface area contributed by atoms with E-state index in [1.54, 1.807) is 48.5 Å². The Bertz CT molecular complexity index is 1700. The molecule has 0 spiro atoms. The number of rotatable bonds is 14. The van der Waals surface area contributed by atoms with Gasteiger partial charge in [-0.3, -0.25) is 13.9 Å². The van der Waals surface area contributed by atoms with Gasteiger partial charge in [-0.1, -0.05) is 99.6 Å². The number of benzene rings is 4. The maximum absolute atomic E-state index is 15.1. The lowest BCUT2D eigenvalue weighted by atomic mass is 10.0. The summed E-state index contributed by atoms with van der Waals surface area (Å²) in [4.78, 5) is 29.7. The van der Waals surface area contributed by atoms with Crippen LogP contribution >= 0.6 is 0 Å². The standard InChI is InChI=1S/C37H42FN3O4S/c1-5-28(4)39-37(43)35(24-29-14-8-6-9-15-29)40(25-31-16-12-13-19-34(31)38)36(42)26-41(32-22-20-30(21-23-32)27(2)3)46(44,45)33-17-10-7-11-18-33/h6-23,27-28,35H,5,24-26H2,1-4H3,(H,39,43)/t28-,35-/m0/s1. The monoisotopic (exact) mass is 643 g/mol. The highest BCUT2D eigenvalue weighted by atomic mass is 32.2. The van der Waals surface area contributed by atoms with Crippen molar-refractivity contribution < 1.29 is 22.4 Å². The molecular formula is C37H42FN3O4S. The van der Waals surface area contributed by atoms with Gasteiger partial charge in [0.25, 0.3) is 10.0 Å². The number of anilines is 1. The number of carbonyl (C=O) groups excluding carboxylic acids is 2. The fourth-order valence-corrected chi connectivity index (χ4v) is 6.51. The summed E-state index contributed by atoms with van der Waals surface area (Å²) in [6, 6.07) is 29.1. The molecule has 4 aromatic carbocycles. The third-order valence-electron chi connectivity index (χ3n) is 8.03. The van der Waals surface area contributed by atoms with Crippen molar-refractivity contribution in [1.82, 2.24) is 10.2 Å². The van der Waals surface area contributed by atoms with Crippen molar-refractivity contribution in [2.45, 2.75) is 70.0 Å². The van der Waals surface area contributed by atoms with E-state index < -0.39 is 40.2 Å². The summed E-state index contributed by atoms with van der Waals surface area (Å²) in [5.74, 6) is -1.36. The Labute approximate surface area is 272 Å². The van der Waals surface area contributed by atoms with Crippen LogP contribution in [0.25, 0.3) is 0 Å². The van der Waals surface area contributed by atoms with E-state index in [0.717, 1.165) is 15.4 Å². The van der Waals surface area contributed by atoms with Crippen molar-refractivity contribution in [2.24, 2.45) is 0 Å². The average molecular weight is 644 g/mol. The van der Waals surface area contributed by atoms with Crippen molar-refractivity contribution in [3.05, 3.63) is 132 Å². The first kappa shape index (κ1) is 34.4. The van der Waals surface area contributed by atoms with Crippen LogP contribution in [0.5, 0.6) is 0 Å². The molecule has 4 aromatic rings. The van der Waals surface area contributed by atoms with Crippen molar-refractivity contribution in [1.29, 1.82) is 0 Å². The minimum Gasteiger partial charge on any atom is -0.352 e. The Balaban J connectivity index is 1.82. The zero-order chi connectivity index (χ0) is 33.3. The Morgan fingerprint density at radius 1 is 0.804 bits per heavy atom. The maximum atomic E-state index is 15.1. The smallest absolute Gasteiger partial charge is 0.264 e. The van der Waals surface area contributed by atoms with Crippen LogP contribution in [0.4, 0.5) is 10.1 Å². The normalized spacial score (nSPS) is 12.7. The summed E-state index contributed by atoms with van der Waals surface area (Å²) < 4.78 is 44.4. The molecule has 0 bridgehead atoms. The third kappa shape index (κ3) is 8.60. The van der Waals surface area contributed by atoms with Crippen LogP contribution in [0.2, 0.25) is 0 Å². The number of carbonyl (C=O) groups is 2. The average Bonchev–Trinajstić information content (AvgIpc) is 3.06. The van der Waals surface area contributed by atoms with Gasteiger partial charge in [0.1, 0.15) is 18.4 Å². The van der Waals surface area contributed by atoms with Gasteiger partial charge in [0, 0.05) is 24.6 Å². The molecule has 242 valence electrons. The molecule has 0 radical (unpaired) electrons. The Hall–Kier alpha value is -4.50. The number of sulfonamides is 1. The molecule has 2 amide bonds. The van der Waals surface area contributed by atoms with Gasteiger partial charge >= 0.3 is 0 Å². The van der Waals surface area contributed by atoms with Crippen LogP contribution in [0, 0.1) is 5.82 Å². The summed E-state index contributed by atoms with van der Waals surface area (Å²) in [6.45, 7) is 7.05. The second-order valence-electron chi connectivity index (χ2n) is 11.7. The highest BCUT2D eigenvalue weighted by Gasteiger charge is 2.35. The minimum absolute atomic E-state index is 0.0201. The van der Waals surface area contributed by atoms with E-state index in [1.807, 2.05) is 70.2 Å². The minimum atomic E-state index is -4.21. The van der Waals surface area contributed by atoms with Gasteiger partial charge in [-0.15, -0.1) is 0 Å². The summed E-state index contributed by atoms with van der Waals surface area (Å²) >= 11 is 0. The topological polar surface area (TPSA) is 86.8 Å². The van der Waals surface area contributed by atoms with Crippen LogP contribution in [0.15, 0.2) is 114 Å². The third-order valence-corrected chi connectivity index (χ3v) is 9.82. The highest BCUT2D eigenvalue weighted by molar-refractivity contribution is 7.92. The van der Waals surface area contributed by atoms with E-state index in [4.69, 9.17) is 0 Å². The van der Waals surface area contributed by atoms with E-state index in [0.29, 0.717) is 12.1 Å². The largest absolute Gasteiger partial charge is 0.352 e. The zero-order valence-corrected chi connectivity index (χ0v) is 27.6. The number of nitrogens with one attached hydrogen (secondary N) is 1. The summed E-state index contributed by atoms with van der Waals surface area (Å²) in [5, 5.41) is 2.99. The summed E-state index contributed by atoms with van der Waals surface area (Å²) in [6.07, 6.45) is 0.818. The van der Waals surface area contributed by atoms with Crippen molar-refractivity contribution in [3.63, 3.8) is 0 Å². The van der Waals surface area contributed by atoms with E-state index in [2.05, 4.69) is 5.32 Å². The fourth-order valence-electron chi connectivity index (χ4n) is 5.08. The summed E-state index contributed by atoms with van der Waals surface area (Å²) in [7, 11) is -4.21. The predicted octanol–water partition coefficient (Wildman–Crippen LogP) is 6.70. The molecule has 2 atom stereocenters. The fraction of sp³-hybridized carbons (Fsp3) is 0.297. The van der Waals surface area contributed by atoms with Gasteiger partial charge in [0.05, 0.1) is 10.6 Å². The molecule has 7 nitrogen and oxygen atoms in total. The number of amides is 2. The molecule has 0 saturated carbocycles. The van der Waals surface area contributed by atoms with E-state index in [9.17, 15) is 18.0 Å². The molecule has 0 unspecified atom stereocenters. The lowest BCUT2D eigenvalue weighted by Crippen LogP contribution is -2.54. The van der Waals surface area contributed by atoms with Gasteiger partial charge in [0.2, 0.25) is 11.8 Å². The summed E-state index contributed by atoms with van der Waals surface area (Å²) in [5.41, 5.74) is 2.33. The number of nitrogens with zero attached hydrogens (tertiary/aromatic N) is 2. The first-order chi connectivity index (χ1) is 22.0. The van der Waals surface area contributed by atoms with Crippen LogP contribution in [-0.2, 0) is 32.6 Å². The zero-order valence-electron chi connectivity index (χ0n) is 26.8. The van der Waals surface area contributed by atoms with E-state index in [-0.39, 0.29) is 35.4 Å². The first-order valence-corrected chi connectivity index (χ1v) is 17.0. The van der Waals surface area contributed by atoms with Gasteiger partial charge in [-0.2, -0.15) is 0 Å². The SMILES string of the molecule is CC[C@H](C)NC(=O)[C@H](Cc1ccccc1)N(Cc1ccccc1F)C(=O)CN(c1ccc(C(C)C)cc1)S(=O)(=O)c1ccccc1. The van der Waals surface area contributed by atoms with E-state index in [1.165, 1.54) is 23.1 Å². The molecule has 0 fully saturated rings. The van der Waals surface area contributed by atoms with E-state index >= 15 is 4.39 Å².